The Morgan fingerprint density at radius 1 is 1.05 bits per heavy atom. The lowest BCUT2D eigenvalue weighted by molar-refractivity contribution is -0.138. The summed E-state index contributed by atoms with van der Waals surface area (Å²) in [6.07, 6.45) is 2.91. The highest BCUT2D eigenvalue weighted by Gasteiger charge is 2.40. The second-order valence-corrected chi connectivity index (χ2v) is 12.7. The van der Waals surface area contributed by atoms with Crippen molar-refractivity contribution < 1.29 is 14.3 Å². The minimum atomic E-state index is -0.596. The molecule has 5 rings (SSSR count). The van der Waals surface area contributed by atoms with Gasteiger partial charge in [-0.3, -0.25) is 9.69 Å². The van der Waals surface area contributed by atoms with Crippen LogP contribution in [0.15, 0.2) is 42.7 Å². The van der Waals surface area contributed by atoms with Gasteiger partial charge in [-0.25, -0.2) is 9.78 Å². The number of piperazine rings is 1. The van der Waals surface area contributed by atoms with Crippen LogP contribution in [0.4, 0.5) is 10.5 Å². The largest absolute Gasteiger partial charge is 0.444 e. The van der Waals surface area contributed by atoms with Crippen LogP contribution in [-0.4, -0.2) is 75.2 Å². The molecule has 2 aliphatic rings. The van der Waals surface area contributed by atoms with Gasteiger partial charge in [-0.1, -0.05) is 29.3 Å². The topological polar surface area (TPSA) is 70.9 Å². The van der Waals surface area contributed by atoms with Gasteiger partial charge in [-0.05, 0) is 83.4 Å². The molecule has 1 aromatic heterocycles. The number of hydrogen-bond acceptors (Lipinski definition) is 5. The Hall–Kier alpha value is -2.97. The maximum atomic E-state index is 13.6. The standard InChI is InChI=1S/C30H37Cl2N5O3/c1-19-17-34(13-14-35(19)28(38)26-7-6-12-36(26)29(39)40-30(3,4)5)22-9-11-25-27(16-22)37(18-33-25)20(2)23-10-8-21(31)15-24(23)32/h8-11,15-16,18-20,26H,6-7,12-14,17H2,1-5H3/t19-,20-,26?/m1/s1. The fourth-order valence-corrected chi connectivity index (χ4v) is 6.35. The number of rotatable bonds is 4. The quantitative estimate of drug-likeness (QED) is 0.355. The number of benzene rings is 2. The van der Waals surface area contributed by atoms with Crippen LogP contribution in [0.1, 0.15) is 59.1 Å². The summed E-state index contributed by atoms with van der Waals surface area (Å²) in [5.74, 6) is 0.0118. The van der Waals surface area contributed by atoms with Crippen LogP contribution >= 0.6 is 23.2 Å². The smallest absolute Gasteiger partial charge is 0.410 e. The minimum absolute atomic E-state index is 0.00487. The highest BCUT2D eigenvalue weighted by molar-refractivity contribution is 6.35. The maximum Gasteiger partial charge on any atom is 0.410 e. The van der Waals surface area contributed by atoms with Crippen LogP contribution in [0.3, 0.4) is 0 Å². The third-order valence-electron chi connectivity index (χ3n) is 7.83. The third-order valence-corrected chi connectivity index (χ3v) is 8.39. The normalized spacial score (nSPS) is 20.7. The lowest BCUT2D eigenvalue weighted by atomic mass is 10.1. The van der Waals surface area contributed by atoms with E-state index in [0.717, 1.165) is 28.7 Å². The molecule has 40 heavy (non-hydrogen) atoms. The SMILES string of the molecule is C[C@@H]1CN(c2ccc3ncn([C@H](C)c4ccc(Cl)cc4Cl)c3c2)CCN1C(=O)C1CCCN1C(=O)OC(C)(C)C. The Labute approximate surface area is 245 Å². The van der Waals surface area contributed by atoms with Crippen molar-refractivity contribution in [3.8, 4) is 0 Å². The Kier molecular flexibility index (Phi) is 7.94. The first-order chi connectivity index (χ1) is 18.9. The molecule has 0 spiro atoms. The van der Waals surface area contributed by atoms with Crippen molar-refractivity contribution in [1.82, 2.24) is 19.4 Å². The molecule has 0 radical (unpaired) electrons. The van der Waals surface area contributed by atoms with E-state index in [-0.39, 0.29) is 18.0 Å². The van der Waals surface area contributed by atoms with E-state index in [0.29, 0.717) is 42.6 Å². The van der Waals surface area contributed by atoms with E-state index in [1.807, 2.05) is 50.2 Å². The number of carbonyl (C=O) groups is 2. The molecule has 1 unspecified atom stereocenters. The molecule has 214 valence electrons. The Morgan fingerprint density at radius 2 is 1.82 bits per heavy atom. The van der Waals surface area contributed by atoms with Crippen LogP contribution in [0.2, 0.25) is 10.0 Å². The van der Waals surface area contributed by atoms with Gasteiger partial charge in [0.1, 0.15) is 11.6 Å². The molecular weight excluding hydrogens is 549 g/mol. The lowest BCUT2D eigenvalue weighted by Crippen LogP contribution is -2.58. The van der Waals surface area contributed by atoms with Gasteiger partial charge in [-0.2, -0.15) is 0 Å². The molecule has 0 saturated carbocycles. The van der Waals surface area contributed by atoms with Crippen LogP contribution in [0.5, 0.6) is 0 Å². The van der Waals surface area contributed by atoms with Gasteiger partial charge in [0.25, 0.3) is 0 Å². The van der Waals surface area contributed by atoms with E-state index in [4.69, 9.17) is 27.9 Å². The zero-order valence-corrected chi connectivity index (χ0v) is 25.2. The van der Waals surface area contributed by atoms with Crippen molar-refractivity contribution in [2.75, 3.05) is 31.1 Å². The van der Waals surface area contributed by atoms with Gasteiger partial charge >= 0.3 is 6.09 Å². The molecule has 2 saturated heterocycles. The Bertz CT molecular complexity index is 1420. The first-order valence-corrected chi connectivity index (χ1v) is 14.6. The number of anilines is 1. The van der Waals surface area contributed by atoms with Crippen molar-refractivity contribution in [3.63, 3.8) is 0 Å². The maximum absolute atomic E-state index is 13.6. The number of hydrogen-bond donors (Lipinski definition) is 0. The number of nitrogens with zero attached hydrogens (tertiary/aromatic N) is 5. The monoisotopic (exact) mass is 585 g/mol. The van der Waals surface area contributed by atoms with Gasteiger partial charge in [0.15, 0.2) is 0 Å². The number of aromatic nitrogens is 2. The average molecular weight is 587 g/mol. The summed E-state index contributed by atoms with van der Waals surface area (Å²) >= 11 is 12.6. The highest BCUT2D eigenvalue weighted by atomic mass is 35.5. The van der Waals surface area contributed by atoms with Gasteiger partial charge in [-0.15, -0.1) is 0 Å². The molecule has 2 aromatic carbocycles. The number of carbonyl (C=O) groups excluding carboxylic acids is 2. The van der Waals surface area contributed by atoms with Crippen molar-refractivity contribution in [3.05, 3.63) is 58.3 Å². The number of likely N-dealkylation sites (tertiary alicyclic amines) is 1. The number of fused-ring (bicyclic) bond motifs is 1. The van der Waals surface area contributed by atoms with E-state index >= 15 is 0 Å². The van der Waals surface area contributed by atoms with Gasteiger partial charge in [0.2, 0.25) is 5.91 Å². The molecule has 2 fully saturated rings. The Balaban J connectivity index is 1.30. The molecule has 0 bridgehead atoms. The zero-order chi connectivity index (χ0) is 28.8. The average Bonchev–Trinajstić information content (AvgIpc) is 3.54. The van der Waals surface area contributed by atoms with E-state index in [1.165, 1.54) is 0 Å². The number of imidazole rings is 1. The van der Waals surface area contributed by atoms with E-state index in [9.17, 15) is 9.59 Å². The number of halogens is 2. The van der Waals surface area contributed by atoms with Crippen LogP contribution < -0.4 is 4.90 Å². The lowest BCUT2D eigenvalue weighted by Gasteiger charge is -2.42. The van der Waals surface area contributed by atoms with Gasteiger partial charge in [0.05, 0.1) is 23.4 Å². The molecule has 2 aliphatic heterocycles. The number of amides is 2. The van der Waals surface area contributed by atoms with Gasteiger partial charge < -0.3 is 19.1 Å². The second kappa shape index (κ2) is 11.1. The van der Waals surface area contributed by atoms with E-state index in [2.05, 4.69) is 40.4 Å². The first-order valence-electron chi connectivity index (χ1n) is 13.9. The summed E-state index contributed by atoms with van der Waals surface area (Å²) in [6, 6.07) is 11.4. The van der Waals surface area contributed by atoms with E-state index < -0.39 is 17.7 Å². The summed E-state index contributed by atoms with van der Waals surface area (Å²) < 4.78 is 7.70. The van der Waals surface area contributed by atoms with Crippen molar-refractivity contribution in [2.24, 2.45) is 0 Å². The summed E-state index contributed by atoms with van der Waals surface area (Å²) in [5, 5.41) is 1.23. The Morgan fingerprint density at radius 3 is 2.52 bits per heavy atom. The molecule has 10 heteroatoms. The first kappa shape index (κ1) is 28.6. The molecule has 3 aromatic rings. The van der Waals surface area contributed by atoms with Crippen LogP contribution in [-0.2, 0) is 9.53 Å². The van der Waals surface area contributed by atoms with Crippen molar-refractivity contribution in [1.29, 1.82) is 0 Å². The predicted octanol–water partition coefficient (Wildman–Crippen LogP) is 6.39. The molecule has 3 atom stereocenters. The van der Waals surface area contributed by atoms with Crippen molar-refractivity contribution >= 4 is 51.9 Å². The fraction of sp³-hybridized carbons (Fsp3) is 0.500. The third kappa shape index (κ3) is 5.75. The van der Waals surface area contributed by atoms with Crippen LogP contribution in [0, 0.1) is 0 Å². The zero-order valence-electron chi connectivity index (χ0n) is 23.7. The predicted molar refractivity (Wildman–Crippen MR) is 159 cm³/mol. The molecule has 2 amide bonds. The highest BCUT2D eigenvalue weighted by Crippen LogP contribution is 2.32. The summed E-state index contributed by atoms with van der Waals surface area (Å²) in [7, 11) is 0. The molecule has 0 aliphatic carbocycles. The number of ether oxygens (including phenoxy) is 1. The summed E-state index contributed by atoms with van der Waals surface area (Å²) in [4.78, 5) is 36.8. The second-order valence-electron chi connectivity index (χ2n) is 11.8. The molecule has 0 N–H and O–H groups in total. The minimum Gasteiger partial charge on any atom is -0.444 e. The molecular formula is C30H37Cl2N5O3. The van der Waals surface area contributed by atoms with Crippen LogP contribution in [0.25, 0.3) is 11.0 Å². The van der Waals surface area contributed by atoms with Gasteiger partial charge in [0, 0.05) is 48.0 Å². The summed E-state index contributed by atoms with van der Waals surface area (Å²) in [5.41, 5.74) is 3.39. The van der Waals surface area contributed by atoms with Crippen molar-refractivity contribution in [2.45, 2.75) is 71.2 Å². The fourth-order valence-electron chi connectivity index (χ4n) is 5.78. The van der Waals surface area contributed by atoms with E-state index in [1.54, 1.807) is 11.0 Å². The summed E-state index contributed by atoms with van der Waals surface area (Å²) in [6.45, 7) is 12.2. The molecule has 8 nitrogen and oxygen atoms in total. The molecule has 3 heterocycles.